The van der Waals surface area contributed by atoms with Crippen molar-refractivity contribution in [3.05, 3.63) is 60.1 Å². The second kappa shape index (κ2) is 7.59. The van der Waals surface area contributed by atoms with Crippen LogP contribution in [-0.4, -0.2) is 46.2 Å². The number of rotatable bonds is 4. The van der Waals surface area contributed by atoms with Gasteiger partial charge in [0.1, 0.15) is 5.82 Å². The summed E-state index contributed by atoms with van der Waals surface area (Å²) in [6, 6.07) is 10.8. The lowest BCUT2D eigenvalue weighted by Gasteiger charge is -2.34. The summed E-state index contributed by atoms with van der Waals surface area (Å²) < 4.78 is 43.9. The summed E-state index contributed by atoms with van der Waals surface area (Å²) in [5, 5.41) is 3.84. The summed E-state index contributed by atoms with van der Waals surface area (Å²) in [5.74, 6) is 1.50. The summed E-state index contributed by atoms with van der Waals surface area (Å²) in [6.45, 7) is 3.72. The Morgan fingerprint density at radius 2 is 1.82 bits per heavy atom. The minimum absolute atomic E-state index is 0.160. The van der Waals surface area contributed by atoms with Crippen molar-refractivity contribution in [1.82, 2.24) is 20.0 Å². The third-order valence-electron chi connectivity index (χ3n) is 4.62. The molecule has 28 heavy (non-hydrogen) atoms. The van der Waals surface area contributed by atoms with Crippen LogP contribution in [0.25, 0.3) is 11.4 Å². The molecule has 0 spiro atoms. The lowest BCUT2D eigenvalue weighted by Crippen LogP contribution is -2.46. The van der Waals surface area contributed by atoms with Crippen molar-refractivity contribution < 1.29 is 17.7 Å². The van der Waals surface area contributed by atoms with E-state index >= 15 is 0 Å². The minimum Gasteiger partial charge on any atom is -0.354 e. The second-order valence-corrected chi connectivity index (χ2v) is 6.54. The highest BCUT2D eigenvalue weighted by Crippen LogP contribution is 2.31. The van der Waals surface area contributed by atoms with Crippen LogP contribution in [0.4, 0.5) is 19.0 Å². The van der Waals surface area contributed by atoms with Crippen LogP contribution in [0, 0.1) is 0 Å². The molecule has 1 aliphatic rings. The predicted molar refractivity (Wildman–Crippen MR) is 96.5 cm³/mol. The Kier molecular flexibility index (Phi) is 4.99. The molecule has 0 atom stereocenters. The van der Waals surface area contributed by atoms with Crippen LogP contribution in [0.5, 0.6) is 0 Å². The van der Waals surface area contributed by atoms with Crippen LogP contribution >= 0.6 is 0 Å². The van der Waals surface area contributed by atoms with E-state index in [0.717, 1.165) is 44.1 Å². The molecule has 0 aliphatic carbocycles. The van der Waals surface area contributed by atoms with Crippen LogP contribution in [-0.2, 0) is 12.7 Å². The Morgan fingerprint density at radius 1 is 1.00 bits per heavy atom. The highest BCUT2D eigenvalue weighted by atomic mass is 19.4. The first-order chi connectivity index (χ1) is 13.5. The molecular weight excluding hydrogens is 371 g/mol. The molecule has 0 amide bonds. The molecule has 9 heteroatoms. The molecule has 1 aliphatic heterocycles. The van der Waals surface area contributed by atoms with E-state index in [2.05, 4.69) is 24.9 Å². The van der Waals surface area contributed by atoms with Gasteiger partial charge in [0.25, 0.3) is 0 Å². The fourth-order valence-corrected chi connectivity index (χ4v) is 3.14. The molecule has 1 saturated heterocycles. The monoisotopic (exact) mass is 389 g/mol. The summed E-state index contributed by atoms with van der Waals surface area (Å²) in [4.78, 5) is 13.0. The van der Waals surface area contributed by atoms with Gasteiger partial charge < -0.3 is 9.42 Å². The van der Waals surface area contributed by atoms with Gasteiger partial charge in [-0.2, -0.15) is 18.2 Å². The zero-order valence-corrected chi connectivity index (χ0v) is 14.9. The molecule has 0 saturated carbocycles. The molecule has 0 bridgehead atoms. The van der Waals surface area contributed by atoms with E-state index in [-0.39, 0.29) is 11.4 Å². The normalized spacial score (nSPS) is 15.8. The average Bonchev–Trinajstić information content (AvgIpc) is 3.17. The van der Waals surface area contributed by atoms with Crippen LogP contribution < -0.4 is 4.90 Å². The maximum atomic E-state index is 12.9. The van der Waals surface area contributed by atoms with Gasteiger partial charge in [-0.15, -0.1) is 0 Å². The highest BCUT2D eigenvalue weighted by Gasteiger charge is 2.31. The molecule has 3 heterocycles. The Labute approximate surface area is 159 Å². The van der Waals surface area contributed by atoms with Gasteiger partial charge in [-0.3, -0.25) is 4.90 Å². The van der Waals surface area contributed by atoms with E-state index < -0.39 is 11.7 Å². The second-order valence-electron chi connectivity index (χ2n) is 6.54. The van der Waals surface area contributed by atoms with Crippen LogP contribution in [0.15, 0.2) is 53.2 Å². The van der Waals surface area contributed by atoms with Gasteiger partial charge in [-0.1, -0.05) is 23.4 Å². The number of pyridine rings is 1. The summed E-state index contributed by atoms with van der Waals surface area (Å²) in [6.07, 6.45) is -2.63. The highest BCUT2D eigenvalue weighted by molar-refractivity contribution is 5.55. The first-order valence-electron chi connectivity index (χ1n) is 8.87. The van der Waals surface area contributed by atoms with Gasteiger partial charge >= 0.3 is 6.18 Å². The lowest BCUT2D eigenvalue weighted by molar-refractivity contribution is -0.137. The van der Waals surface area contributed by atoms with Crippen molar-refractivity contribution in [2.45, 2.75) is 12.7 Å². The van der Waals surface area contributed by atoms with Crippen molar-refractivity contribution in [1.29, 1.82) is 0 Å². The van der Waals surface area contributed by atoms with Crippen LogP contribution in [0.1, 0.15) is 11.5 Å². The molecule has 0 radical (unpaired) electrons. The topological polar surface area (TPSA) is 58.3 Å². The van der Waals surface area contributed by atoms with Gasteiger partial charge in [-0.25, -0.2) is 4.98 Å². The number of hydrogen-bond donors (Lipinski definition) is 0. The maximum Gasteiger partial charge on any atom is 0.416 e. The average molecular weight is 389 g/mol. The third kappa shape index (κ3) is 4.14. The van der Waals surface area contributed by atoms with E-state index in [0.29, 0.717) is 12.4 Å². The van der Waals surface area contributed by atoms with Crippen molar-refractivity contribution in [2.75, 3.05) is 31.1 Å². The van der Waals surface area contributed by atoms with Crippen LogP contribution in [0.3, 0.4) is 0 Å². The molecule has 4 rings (SSSR count). The van der Waals surface area contributed by atoms with Crippen molar-refractivity contribution in [3.63, 3.8) is 0 Å². The fraction of sp³-hybridized carbons (Fsp3) is 0.316. The van der Waals surface area contributed by atoms with E-state index in [9.17, 15) is 13.2 Å². The van der Waals surface area contributed by atoms with Crippen molar-refractivity contribution in [3.8, 4) is 11.4 Å². The van der Waals surface area contributed by atoms with Gasteiger partial charge in [0.2, 0.25) is 11.7 Å². The Balaban J connectivity index is 1.38. The zero-order valence-electron chi connectivity index (χ0n) is 14.9. The van der Waals surface area contributed by atoms with Crippen molar-refractivity contribution >= 4 is 5.82 Å². The summed E-state index contributed by atoms with van der Waals surface area (Å²) in [5.41, 5.74) is -0.452. The van der Waals surface area contributed by atoms with E-state index in [1.165, 1.54) is 12.1 Å². The maximum absolute atomic E-state index is 12.9. The first kappa shape index (κ1) is 18.4. The molecule has 0 N–H and O–H groups in total. The molecule has 3 aromatic rings. The Morgan fingerprint density at radius 3 is 2.54 bits per heavy atom. The number of hydrogen-bond acceptors (Lipinski definition) is 6. The lowest BCUT2D eigenvalue weighted by atomic mass is 10.1. The number of anilines is 1. The van der Waals surface area contributed by atoms with Gasteiger partial charge in [-0.05, 0) is 24.3 Å². The number of alkyl halides is 3. The molecular formula is C19H18F3N5O. The molecule has 1 aromatic carbocycles. The van der Waals surface area contributed by atoms with Gasteiger partial charge in [0.15, 0.2) is 0 Å². The predicted octanol–water partition coefficient (Wildman–Crippen LogP) is 3.47. The standard InChI is InChI=1S/C19H18F3N5O/c20-19(21,22)15-5-3-4-14(12-15)18-24-17(28-25-18)13-26-8-10-27(11-9-26)16-6-1-2-7-23-16/h1-7,12H,8-11,13H2. The summed E-state index contributed by atoms with van der Waals surface area (Å²) in [7, 11) is 0. The molecule has 2 aromatic heterocycles. The largest absolute Gasteiger partial charge is 0.416 e. The zero-order chi connectivity index (χ0) is 19.6. The van der Waals surface area contributed by atoms with Gasteiger partial charge in [0.05, 0.1) is 12.1 Å². The van der Waals surface area contributed by atoms with Crippen molar-refractivity contribution in [2.24, 2.45) is 0 Å². The minimum atomic E-state index is -4.41. The van der Waals surface area contributed by atoms with Gasteiger partial charge in [0, 0.05) is 37.9 Å². The fourth-order valence-electron chi connectivity index (χ4n) is 3.14. The number of halogens is 3. The van der Waals surface area contributed by atoms with E-state index in [1.807, 2.05) is 18.2 Å². The quantitative estimate of drug-likeness (QED) is 0.681. The number of nitrogens with zero attached hydrogens (tertiary/aromatic N) is 5. The molecule has 146 valence electrons. The smallest absolute Gasteiger partial charge is 0.354 e. The third-order valence-corrected chi connectivity index (χ3v) is 4.62. The molecule has 6 nitrogen and oxygen atoms in total. The van der Waals surface area contributed by atoms with E-state index in [1.54, 1.807) is 6.20 Å². The number of benzene rings is 1. The number of aromatic nitrogens is 3. The first-order valence-corrected chi connectivity index (χ1v) is 8.87. The SMILES string of the molecule is FC(F)(F)c1cccc(-c2noc(CN3CCN(c4ccccn4)CC3)n2)c1. The van der Waals surface area contributed by atoms with E-state index in [4.69, 9.17) is 4.52 Å². The molecule has 0 unspecified atom stereocenters. The Hall–Kier alpha value is -2.94. The summed E-state index contributed by atoms with van der Waals surface area (Å²) >= 11 is 0. The Bertz CT molecular complexity index is 921. The van der Waals surface area contributed by atoms with Crippen LogP contribution in [0.2, 0.25) is 0 Å². The molecule has 1 fully saturated rings. The number of piperazine rings is 1.